The summed E-state index contributed by atoms with van der Waals surface area (Å²) in [6.45, 7) is 9.12. The van der Waals surface area contributed by atoms with Crippen molar-refractivity contribution >= 4 is 35.2 Å². The predicted molar refractivity (Wildman–Crippen MR) is 149 cm³/mol. The molecule has 2 N–H and O–H groups in total. The number of hydrogen-bond acceptors (Lipinski definition) is 6. The zero-order valence-electron chi connectivity index (χ0n) is 21.5. The first-order chi connectivity index (χ1) is 17.8. The number of halogens is 1. The van der Waals surface area contributed by atoms with Crippen molar-refractivity contribution < 1.29 is 14.7 Å². The number of rotatable bonds is 8. The molecule has 196 valence electrons. The fourth-order valence-corrected chi connectivity index (χ4v) is 5.13. The molecule has 1 heterocycles. The van der Waals surface area contributed by atoms with Crippen molar-refractivity contribution in [3.05, 3.63) is 75.5 Å². The van der Waals surface area contributed by atoms with E-state index in [4.69, 9.17) is 11.6 Å². The van der Waals surface area contributed by atoms with Gasteiger partial charge in [0.05, 0.1) is 18.7 Å². The van der Waals surface area contributed by atoms with E-state index in [1.54, 1.807) is 12.1 Å². The van der Waals surface area contributed by atoms with Gasteiger partial charge in [0.1, 0.15) is 5.76 Å². The first kappa shape index (κ1) is 27.0. The van der Waals surface area contributed by atoms with E-state index in [-0.39, 0.29) is 23.4 Å². The van der Waals surface area contributed by atoms with Crippen molar-refractivity contribution in [2.24, 2.45) is 4.99 Å². The Bertz CT molecular complexity index is 1160. The molecular weight excluding hydrogens is 488 g/mol. The van der Waals surface area contributed by atoms with Crippen LogP contribution < -0.4 is 5.32 Å². The first-order valence-corrected chi connectivity index (χ1v) is 13.2. The largest absolute Gasteiger partial charge is 0.511 e. The Morgan fingerprint density at radius 1 is 1.05 bits per heavy atom. The van der Waals surface area contributed by atoms with E-state index in [0.29, 0.717) is 36.5 Å². The second kappa shape index (κ2) is 12.5. The number of ketones is 1. The van der Waals surface area contributed by atoms with E-state index in [0.717, 1.165) is 55.1 Å². The number of nitrogens with zero attached hydrogens (tertiary/aromatic N) is 3. The molecule has 0 spiro atoms. The van der Waals surface area contributed by atoms with E-state index < -0.39 is 0 Å². The molecule has 1 aliphatic heterocycles. The lowest BCUT2D eigenvalue weighted by atomic mass is 9.83. The molecule has 1 unspecified atom stereocenters. The number of hydrogen-bond donors (Lipinski definition) is 2. The van der Waals surface area contributed by atoms with Crippen molar-refractivity contribution in [2.45, 2.75) is 32.6 Å². The van der Waals surface area contributed by atoms with E-state index in [9.17, 15) is 14.7 Å². The molecule has 1 saturated heterocycles. The van der Waals surface area contributed by atoms with Crippen LogP contribution in [-0.4, -0.2) is 78.6 Å². The molecule has 2 aliphatic rings. The van der Waals surface area contributed by atoms with Crippen LogP contribution in [0.1, 0.15) is 35.4 Å². The molecule has 37 heavy (non-hydrogen) atoms. The van der Waals surface area contributed by atoms with Gasteiger partial charge in [-0.25, -0.2) is 0 Å². The Kier molecular flexibility index (Phi) is 9.14. The van der Waals surface area contributed by atoms with Crippen LogP contribution in [0.5, 0.6) is 0 Å². The second-order valence-corrected chi connectivity index (χ2v) is 10.5. The molecule has 0 aromatic heterocycles. The van der Waals surface area contributed by atoms with Crippen LogP contribution in [-0.2, 0) is 9.59 Å². The zero-order valence-corrected chi connectivity index (χ0v) is 22.3. The van der Waals surface area contributed by atoms with Gasteiger partial charge in [-0.05, 0) is 60.7 Å². The highest BCUT2D eigenvalue weighted by Gasteiger charge is 2.27. The van der Waals surface area contributed by atoms with Crippen molar-refractivity contribution in [2.75, 3.05) is 51.1 Å². The number of carbonyl (C=O) groups excluding carboxylic acids is 2. The average molecular weight is 523 g/mol. The van der Waals surface area contributed by atoms with Crippen LogP contribution in [0.4, 0.5) is 5.69 Å². The Labute approximate surface area is 223 Å². The zero-order chi connectivity index (χ0) is 26.4. The third-order valence-corrected chi connectivity index (χ3v) is 7.18. The van der Waals surface area contributed by atoms with Crippen LogP contribution >= 0.6 is 11.6 Å². The number of Topliss-reactive ketones (excluding diaryl/α,β-unsaturated/α-hetero) is 1. The van der Waals surface area contributed by atoms with Crippen LogP contribution in [0.15, 0.2) is 58.8 Å². The van der Waals surface area contributed by atoms with E-state index in [2.05, 4.69) is 26.2 Å². The fourth-order valence-electron chi connectivity index (χ4n) is 5.00. The molecule has 2 aromatic carbocycles. The summed E-state index contributed by atoms with van der Waals surface area (Å²) >= 11 is 5.96. The number of amides is 1. The molecule has 0 bridgehead atoms. The smallest absolute Gasteiger partial charge is 0.238 e. The standard InChI is InChI=1S/C29H35ClN4O3/c1-20-13-21(2)15-25(14-20)32-29(37)19-34-11-9-33(10-12-34)8-7-31-18-26-27(35)16-23(17-28(26)36)22-3-5-24(30)6-4-22/h3-6,13-15,18,23,35H,7-12,16-17,19H2,1-2H3,(H,32,37). The lowest BCUT2D eigenvalue weighted by Crippen LogP contribution is -2.49. The summed E-state index contributed by atoms with van der Waals surface area (Å²) in [5.41, 5.74) is 4.44. The SMILES string of the molecule is Cc1cc(C)cc(NC(=O)CN2CCN(CCN=CC3=C(O)CC(c4ccc(Cl)cc4)CC3=O)CC2)c1. The number of aryl methyl sites for hydroxylation is 2. The molecule has 8 heteroatoms. The van der Waals surface area contributed by atoms with Gasteiger partial charge in [-0.15, -0.1) is 0 Å². The van der Waals surface area contributed by atoms with Gasteiger partial charge in [-0.2, -0.15) is 0 Å². The molecule has 1 atom stereocenters. The van der Waals surface area contributed by atoms with E-state index >= 15 is 0 Å². The minimum absolute atomic E-state index is 0.00610. The van der Waals surface area contributed by atoms with Gasteiger partial charge in [-0.1, -0.05) is 29.8 Å². The molecule has 2 aromatic rings. The number of benzene rings is 2. The highest BCUT2D eigenvalue weighted by atomic mass is 35.5. The average Bonchev–Trinajstić information content (AvgIpc) is 2.83. The lowest BCUT2D eigenvalue weighted by Gasteiger charge is -2.33. The summed E-state index contributed by atoms with van der Waals surface area (Å²) in [6, 6.07) is 13.5. The molecule has 0 radical (unpaired) electrons. The van der Waals surface area contributed by atoms with Crippen molar-refractivity contribution in [1.82, 2.24) is 9.80 Å². The molecule has 4 rings (SSSR count). The van der Waals surface area contributed by atoms with Crippen LogP contribution in [0, 0.1) is 13.8 Å². The lowest BCUT2D eigenvalue weighted by molar-refractivity contribution is -0.118. The molecule has 1 fully saturated rings. The number of anilines is 1. The third kappa shape index (κ3) is 7.74. The van der Waals surface area contributed by atoms with Crippen LogP contribution in [0.2, 0.25) is 5.02 Å². The summed E-state index contributed by atoms with van der Waals surface area (Å²) in [7, 11) is 0. The summed E-state index contributed by atoms with van der Waals surface area (Å²) in [5, 5.41) is 14.1. The number of aliphatic imine (C=N–C) groups is 1. The fraction of sp³-hybridized carbons (Fsp3) is 0.414. The van der Waals surface area contributed by atoms with Gasteiger partial charge in [0.15, 0.2) is 5.78 Å². The van der Waals surface area contributed by atoms with Gasteiger partial charge in [0.25, 0.3) is 0 Å². The highest BCUT2D eigenvalue weighted by Crippen LogP contribution is 2.33. The number of allylic oxidation sites excluding steroid dienone is 2. The van der Waals surface area contributed by atoms with Gasteiger partial charge >= 0.3 is 0 Å². The molecule has 7 nitrogen and oxygen atoms in total. The number of piperazine rings is 1. The number of aliphatic hydroxyl groups is 1. The van der Waals surface area contributed by atoms with Gasteiger partial charge in [0.2, 0.25) is 5.91 Å². The molecule has 1 amide bonds. The summed E-state index contributed by atoms with van der Waals surface area (Å²) in [5.74, 6) is -0.0133. The summed E-state index contributed by atoms with van der Waals surface area (Å²) < 4.78 is 0. The normalized spacial score (nSPS) is 19.5. The van der Waals surface area contributed by atoms with E-state index in [1.807, 2.05) is 38.1 Å². The van der Waals surface area contributed by atoms with Gasteiger partial charge in [-0.3, -0.25) is 24.4 Å². The minimum Gasteiger partial charge on any atom is -0.511 e. The molecule has 0 saturated carbocycles. The predicted octanol–water partition coefficient (Wildman–Crippen LogP) is 4.54. The van der Waals surface area contributed by atoms with Crippen molar-refractivity contribution in [3.8, 4) is 0 Å². The highest BCUT2D eigenvalue weighted by molar-refractivity contribution is 6.30. The maximum absolute atomic E-state index is 12.6. The third-order valence-electron chi connectivity index (χ3n) is 6.93. The Morgan fingerprint density at radius 2 is 1.70 bits per heavy atom. The van der Waals surface area contributed by atoms with Crippen molar-refractivity contribution in [1.29, 1.82) is 0 Å². The van der Waals surface area contributed by atoms with Gasteiger partial charge in [0, 0.05) is 62.5 Å². The van der Waals surface area contributed by atoms with Crippen LogP contribution in [0.25, 0.3) is 0 Å². The first-order valence-electron chi connectivity index (χ1n) is 12.8. The maximum Gasteiger partial charge on any atom is 0.238 e. The number of carbonyl (C=O) groups is 2. The molecule has 1 aliphatic carbocycles. The monoisotopic (exact) mass is 522 g/mol. The quantitative estimate of drug-likeness (QED) is 0.497. The number of nitrogens with one attached hydrogen (secondary N) is 1. The van der Waals surface area contributed by atoms with Crippen LogP contribution in [0.3, 0.4) is 0 Å². The second-order valence-electron chi connectivity index (χ2n) is 10.0. The summed E-state index contributed by atoms with van der Waals surface area (Å²) in [4.78, 5) is 34.0. The molecular formula is C29H35ClN4O3. The Morgan fingerprint density at radius 3 is 2.35 bits per heavy atom. The maximum atomic E-state index is 12.6. The number of aliphatic hydroxyl groups excluding tert-OH is 1. The topological polar surface area (TPSA) is 85.2 Å². The Balaban J connectivity index is 1.18. The van der Waals surface area contributed by atoms with E-state index in [1.165, 1.54) is 6.21 Å². The van der Waals surface area contributed by atoms with Gasteiger partial charge < -0.3 is 10.4 Å². The van der Waals surface area contributed by atoms with Crippen molar-refractivity contribution in [3.63, 3.8) is 0 Å². The summed E-state index contributed by atoms with van der Waals surface area (Å²) in [6.07, 6.45) is 2.31. The minimum atomic E-state index is -0.0832. The Hall–Kier alpha value is -3.00.